The van der Waals surface area contributed by atoms with E-state index < -0.39 is 0 Å². The van der Waals surface area contributed by atoms with Crippen LogP contribution in [-0.2, 0) is 0 Å². The molecular formula is C14H16N6O2. The van der Waals surface area contributed by atoms with Crippen molar-refractivity contribution in [2.75, 3.05) is 0 Å². The lowest BCUT2D eigenvalue weighted by Gasteiger charge is -2.13. The second kappa shape index (κ2) is 5.14. The van der Waals surface area contributed by atoms with E-state index in [4.69, 9.17) is 0 Å². The molecule has 22 heavy (non-hydrogen) atoms. The number of aromatic nitrogens is 5. The number of aryl methyl sites for hydroxylation is 2. The van der Waals surface area contributed by atoms with Gasteiger partial charge in [-0.2, -0.15) is 0 Å². The number of aromatic amines is 2. The van der Waals surface area contributed by atoms with E-state index in [1.807, 2.05) is 13.8 Å². The Kier molecular flexibility index (Phi) is 3.28. The van der Waals surface area contributed by atoms with E-state index in [2.05, 4.69) is 25.4 Å². The maximum Gasteiger partial charge on any atom is 0.266 e. The molecule has 0 saturated heterocycles. The normalized spacial score (nSPS) is 12.5. The number of nitrogens with one attached hydrogen (secondary N) is 3. The van der Waals surface area contributed by atoms with Crippen molar-refractivity contribution in [3.63, 3.8) is 0 Å². The Labute approximate surface area is 125 Å². The first-order valence-electron chi connectivity index (χ1n) is 6.85. The lowest BCUT2D eigenvalue weighted by molar-refractivity contribution is 0.0936. The van der Waals surface area contributed by atoms with Crippen LogP contribution >= 0.6 is 0 Å². The number of H-pyrrole nitrogens is 2. The number of carbonyl (C=O) groups is 1. The maximum atomic E-state index is 12.4. The number of rotatable bonds is 3. The molecule has 114 valence electrons. The molecule has 0 aliphatic rings. The second-order valence-corrected chi connectivity index (χ2v) is 5.22. The largest absolute Gasteiger partial charge is 0.344 e. The minimum absolute atomic E-state index is 0.257. The summed E-state index contributed by atoms with van der Waals surface area (Å²) in [4.78, 5) is 35.2. The van der Waals surface area contributed by atoms with Crippen molar-refractivity contribution in [1.82, 2.24) is 29.9 Å². The van der Waals surface area contributed by atoms with Crippen LogP contribution in [0.25, 0.3) is 5.65 Å². The summed E-state index contributed by atoms with van der Waals surface area (Å²) in [6.45, 7) is 5.49. The van der Waals surface area contributed by atoms with Gasteiger partial charge >= 0.3 is 0 Å². The summed E-state index contributed by atoms with van der Waals surface area (Å²) < 4.78 is 1.50. The number of carbonyl (C=O) groups excluding carboxylic acids is 1. The zero-order valence-corrected chi connectivity index (χ0v) is 12.5. The van der Waals surface area contributed by atoms with Gasteiger partial charge < -0.3 is 10.3 Å². The van der Waals surface area contributed by atoms with Crippen molar-refractivity contribution >= 4 is 11.6 Å². The third-order valence-electron chi connectivity index (χ3n) is 3.49. The molecule has 3 rings (SSSR count). The molecule has 0 aliphatic heterocycles. The van der Waals surface area contributed by atoms with Crippen LogP contribution in [-0.4, -0.2) is 30.5 Å². The predicted molar refractivity (Wildman–Crippen MR) is 79.8 cm³/mol. The highest BCUT2D eigenvalue weighted by Gasteiger charge is 2.17. The summed E-state index contributed by atoms with van der Waals surface area (Å²) in [6, 6.07) is 1.11. The molecule has 8 heteroatoms. The van der Waals surface area contributed by atoms with Gasteiger partial charge in [0, 0.05) is 24.2 Å². The fourth-order valence-electron chi connectivity index (χ4n) is 2.30. The Morgan fingerprint density at radius 2 is 2.09 bits per heavy atom. The molecule has 1 amide bonds. The molecule has 0 radical (unpaired) electrons. The third kappa shape index (κ3) is 2.39. The molecule has 8 nitrogen and oxygen atoms in total. The Morgan fingerprint density at radius 1 is 1.32 bits per heavy atom. The quantitative estimate of drug-likeness (QED) is 0.666. The Balaban J connectivity index is 1.88. The van der Waals surface area contributed by atoms with E-state index >= 15 is 0 Å². The fourth-order valence-corrected chi connectivity index (χ4v) is 2.30. The van der Waals surface area contributed by atoms with Crippen LogP contribution in [0.1, 0.15) is 40.5 Å². The highest BCUT2D eigenvalue weighted by Crippen LogP contribution is 2.12. The van der Waals surface area contributed by atoms with Crippen LogP contribution in [0.2, 0.25) is 0 Å². The van der Waals surface area contributed by atoms with Gasteiger partial charge in [0.05, 0.1) is 17.3 Å². The highest BCUT2D eigenvalue weighted by atomic mass is 16.2. The minimum atomic E-state index is -0.275. The van der Waals surface area contributed by atoms with Crippen LogP contribution in [0.5, 0.6) is 0 Å². The highest BCUT2D eigenvalue weighted by molar-refractivity contribution is 5.95. The zero-order chi connectivity index (χ0) is 15.9. The van der Waals surface area contributed by atoms with Crippen LogP contribution in [0.4, 0.5) is 0 Å². The van der Waals surface area contributed by atoms with E-state index in [1.54, 1.807) is 13.1 Å². The summed E-state index contributed by atoms with van der Waals surface area (Å²) in [5.41, 5.74) is 2.17. The molecular weight excluding hydrogens is 284 g/mol. The Morgan fingerprint density at radius 3 is 2.77 bits per heavy atom. The molecule has 0 bridgehead atoms. The lowest BCUT2D eigenvalue weighted by atomic mass is 10.2. The first kappa shape index (κ1) is 14.1. The maximum absolute atomic E-state index is 12.4. The van der Waals surface area contributed by atoms with Crippen molar-refractivity contribution in [2.24, 2.45) is 0 Å². The van der Waals surface area contributed by atoms with Gasteiger partial charge in [-0.05, 0) is 20.8 Å². The monoisotopic (exact) mass is 300 g/mol. The fraction of sp³-hybridized carbons (Fsp3) is 0.286. The summed E-state index contributed by atoms with van der Waals surface area (Å²) in [6.07, 6.45) is 3.18. The van der Waals surface area contributed by atoms with Crippen molar-refractivity contribution in [2.45, 2.75) is 26.8 Å². The van der Waals surface area contributed by atoms with Crippen molar-refractivity contribution in [3.05, 3.63) is 51.6 Å². The second-order valence-electron chi connectivity index (χ2n) is 5.22. The van der Waals surface area contributed by atoms with Crippen molar-refractivity contribution in [3.8, 4) is 0 Å². The van der Waals surface area contributed by atoms with E-state index in [0.29, 0.717) is 22.7 Å². The first-order chi connectivity index (χ1) is 10.5. The third-order valence-corrected chi connectivity index (χ3v) is 3.49. The SMILES string of the molecule is Cc1cnc(C(C)NC(=O)c2cnc3cc(=O)[nH]n3c2C)[nH]1. The van der Waals surface area contributed by atoms with E-state index in [-0.39, 0.29) is 17.5 Å². The number of hydrogen-bond donors (Lipinski definition) is 3. The standard InChI is InChI=1S/C14H16N6O2/c1-7-5-16-13(17-7)8(2)18-14(22)10-6-15-11-4-12(21)19-20(11)9(10)3/h4-6,8H,1-3H3,(H,16,17)(H,18,22)(H,19,21). The number of fused-ring (bicyclic) bond motifs is 1. The molecule has 1 unspecified atom stereocenters. The van der Waals surface area contributed by atoms with Gasteiger partial charge in [-0.15, -0.1) is 0 Å². The summed E-state index contributed by atoms with van der Waals surface area (Å²) in [5, 5.41) is 5.47. The summed E-state index contributed by atoms with van der Waals surface area (Å²) in [7, 11) is 0. The molecule has 0 fully saturated rings. The molecule has 1 atom stereocenters. The molecule has 3 aromatic heterocycles. The van der Waals surface area contributed by atoms with Gasteiger partial charge in [0.1, 0.15) is 5.82 Å². The Bertz CT molecular complexity index is 904. The molecule has 0 aromatic carbocycles. The molecule has 3 N–H and O–H groups in total. The van der Waals surface area contributed by atoms with Crippen LogP contribution in [0, 0.1) is 13.8 Å². The van der Waals surface area contributed by atoms with Gasteiger partial charge in [-0.3, -0.25) is 14.7 Å². The van der Waals surface area contributed by atoms with Crippen molar-refractivity contribution < 1.29 is 4.79 Å². The molecule has 0 aliphatic carbocycles. The first-order valence-corrected chi connectivity index (χ1v) is 6.85. The van der Waals surface area contributed by atoms with Crippen LogP contribution in [0.15, 0.2) is 23.3 Å². The number of imidazole rings is 1. The topological polar surface area (TPSA) is 108 Å². The lowest BCUT2D eigenvalue weighted by Crippen LogP contribution is -2.28. The van der Waals surface area contributed by atoms with Gasteiger partial charge in [0.25, 0.3) is 11.5 Å². The van der Waals surface area contributed by atoms with E-state index in [0.717, 1.165) is 5.69 Å². The minimum Gasteiger partial charge on any atom is -0.344 e. The number of hydrogen-bond acceptors (Lipinski definition) is 4. The van der Waals surface area contributed by atoms with Crippen LogP contribution in [0.3, 0.4) is 0 Å². The van der Waals surface area contributed by atoms with Crippen molar-refractivity contribution in [1.29, 1.82) is 0 Å². The van der Waals surface area contributed by atoms with Gasteiger partial charge in [0.15, 0.2) is 5.65 Å². The van der Waals surface area contributed by atoms with Crippen LogP contribution < -0.4 is 10.9 Å². The molecule has 0 spiro atoms. The zero-order valence-electron chi connectivity index (χ0n) is 12.5. The van der Waals surface area contributed by atoms with E-state index in [9.17, 15) is 9.59 Å². The molecule has 3 heterocycles. The molecule has 3 aromatic rings. The van der Waals surface area contributed by atoms with Gasteiger partial charge in [0.2, 0.25) is 0 Å². The number of amides is 1. The van der Waals surface area contributed by atoms with Gasteiger partial charge in [-0.1, -0.05) is 0 Å². The van der Waals surface area contributed by atoms with E-state index in [1.165, 1.54) is 16.8 Å². The predicted octanol–water partition coefficient (Wildman–Crippen LogP) is 0.854. The van der Waals surface area contributed by atoms with Gasteiger partial charge in [-0.25, -0.2) is 14.5 Å². The average molecular weight is 300 g/mol. The molecule has 0 saturated carbocycles. The Hall–Kier alpha value is -2.90. The smallest absolute Gasteiger partial charge is 0.266 e. The summed E-state index contributed by atoms with van der Waals surface area (Å²) >= 11 is 0. The number of nitrogens with zero attached hydrogens (tertiary/aromatic N) is 3. The summed E-state index contributed by atoms with van der Waals surface area (Å²) in [5.74, 6) is 0.412. The average Bonchev–Trinajstić information content (AvgIpc) is 3.04.